The van der Waals surface area contributed by atoms with Crippen molar-refractivity contribution < 1.29 is 0 Å². The minimum Gasteiger partial charge on any atom is -0.369 e. The van der Waals surface area contributed by atoms with E-state index in [-0.39, 0.29) is 0 Å². The molecular weight excluding hydrogens is 278 g/mol. The molecule has 2 N–H and O–H groups in total. The zero-order valence-corrected chi connectivity index (χ0v) is 12.1. The molecule has 1 saturated heterocycles. The summed E-state index contributed by atoms with van der Waals surface area (Å²) in [6, 6.07) is 7.98. The number of nitrogens with one attached hydrogen (secondary N) is 2. The highest BCUT2D eigenvalue weighted by Gasteiger charge is 2.11. The highest BCUT2D eigenvalue weighted by atomic mass is 15.3. The van der Waals surface area contributed by atoms with Gasteiger partial charge in [-0.15, -0.1) is 5.10 Å². The smallest absolute Gasteiger partial charge is 0.246 e. The van der Waals surface area contributed by atoms with Gasteiger partial charge in [0.15, 0.2) is 0 Å². The topological polar surface area (TPSA) is 70.4 Å². The van der Waals surface area contributed by atoms with E-state index in [1.54, 1.807) is 10.7 Å². The molecule has 1 aliphatic heterocycles. The van der Waals surface area contributed by atoms with Crippen LogP contribution in [0.15, 0.2) is 42.9 Å². The van der Waals surface area contributed by atoms with Crippen LogP contribution in [-0.4, -0.2) is 45.8 Å². The van der Waals surface area contributed by atoms with Crippen LogP contribution in [0.5, 0.6) is 0 Å². The second kappa shape index (κ2) is 5.61. The fraction of sp³-hybridized carbons (Fsp3) is 0.267. The Hall–Kier alpha value is -2.67. The highest BCUT2D eigenvalue weighted by Crippen LogP contribution is 2.19. The summed E-state index contributed by atoms with van der Waals surface area (Å²) in [5.74, 6) is 1.29. The van der Waals surface area contributed by atoms with Gasteiger partial charge in [0.2, 0.25) is 5.95 Å². The quantitative estimate of drug-likeness (QED) is 0.758. The van der Waals surface area contributed by atoms with E-state index in [2.05, 4.69) is 30.6 Å². The number of nitrogens with zero attached hydrogens (tertiary/aromatic N) is 5. The third-order valence-electron chi connectivity index (χ3n) is 3.75. The number of hydrogen-bond acceptors (Lipinski definition) is 6. The molecule has 1 aliphatic rings. The minimum atomic E-state index is 0.536. The molecule has 0 bridgehead atoms. The Kier molecular flexibility index (Phi) is 3.32. The first-order valence-electron chi connectivity index (χ1n) is 7.38. The third kappa shape index (κ3) is 2.58. The predicted octanol–water partition coefficient (Wildman–Crippen LogP) is 1.28. The van der Waals surface area contributed by atoms with Gasteiger partial charge in [0, 0.05) is 50.3 Å². The van der Waals surface area contributed by atoms with E-state index in [1.807, 2.05) is 36.7 Å². The van der Waals surface area contributed by atoms with Gasteiger partial charge in [-0.2, -0.15) is 0 Å². The van der Waals surface area contributed by atoms with Crippen LogP contribution in [0.3, 0.4) is 0 Å². The molecule has 1 fully saturated rings. The standard InChI is InChI=1S/C15H17N7/c1-2-13-11-18-15(20-22(13)7-1)19-14-10-12(3-4-17-14)21-8-5-16-6-9-21/h1-4,7,10-11,16H,5-6,8-9H2,(H,17,19,20). The van der Waals surface area contributed by atoms with Gasteiger partial charge in [0.05, 0.1) is 11.7 Å². The molecule has 4 heterocycles. The van der Waals surface area contributed by atoms with Crippen LogP contribution in [0.25, 0.3) is 5.52 Å². The van der Waals surface area contributed by atoms with Crippen LogP contribution in [0.1, 0.15) is 0 Å². The average Bonchev–Trinajstić information content (AvgIpc) is 3.04. The Bertz CT molecular complexity index is 776. The van der Waals surface area contributed by atoms with Gasteiger partial charge in [0.25, 0.3) is 0 Å². The second-order valence-electron chi connectivity index (χ2n) is 5.22. The fourth-order valence-corrected chi connectivity index (χ4v) is 2.61. The molecule has 7 heteroatoms. The first-order chi connectivity index (χ1) is 10.9. The molecule has 3 aromatic heterocycles. The third-order valence-corrected chi connectivity index (χ3v) is 3.75. The Labute approximate surface area is 128 Å². The summed E-state index contributed by atoms with van der Waals surface area (Å²) >= 11 is 0. The molecule has 3 aromatic rings. The zero-order valence-electron chi connectivity index (χ0n) is 12.1. The number of fused-ring (bicyclic) bond motifs is 1. The van der Waals surface area contributed by atoms with Crippen molar-refractivity contribution in [1.82, 2.24) is 24.9 Å². The van der Waals surface area contributed by atoms with E-state index < -0.39 is 0 Å². The number of pyridine rings is 1. The summed E-state index contributed by atoms with van der Waals surface area (Å²) < 4.78 is 1.79. The Balaban J connectivity index is 1.56. The van der Waals surface area contributed by atoms with Gasteiger partial charge in [-0.1, -0.05) is 0 Å². The van der Waals surface area contributed by atoms with Gasteiger partial charge in [-0.3, -0.25) is 0 Å². The molecule has 0 spiro atoms. The van der Waals surface area contributed by atoms with Crippen LogP contribution in [0.2, 0.25) is 0 Å². The van der Waals surface area contributed by atoms with Crippen molar-refractivity contribution in [2.24, 2.45) is 0 Å². The van der Waals surface area contributed by atoms with Gasteiger partial charge in [0.1, 0.15) is 5.82 Å². The SMILES string of the molecule is c1cc2cnc(Nc3cc(N4CCNCC4)ccn3)nn2c1. The lowest BCUT2D eigenvalue weighted by Crippen LogP contribution is -2.43. The van der Waals surface area contributed by atoms with E-state index >= 15 is 0 Å². The summed E-state index contributed by atoms with van der Waals surface area (Å²) in [7, 11) is 0. The first-order valence-corrected chi connectivity index (χ1v) is 7.38. The molecule has 0 saturated carbocycles. The van der Waals surface area contributed by atoms with Gasteiger partial charge in [-0.25, -0.2) is 14.5 Å². The Morgan fingerprint density at radius 3 is 2.95 bits per heavy atom. The maximum Gasteiger partial charge on any atom is 0.246 e. The van der Waals surface area contributed by atoms with Crippen molar-refractivity contribution in [1.29, 1.82) is 0 Å². The summed E-state index contributed by atoms with van der Waals surface area (Å²) in [6.45, 7) is 4.04. The minimum absolute atomic E-state index is 0.536. The number of hydrogen-bond donors (Lipinski definition) is 2. The van der Waals surface area contributed by atoms with Gasteiger partial charge >= 0.3 is 0 Å². The van der Waals surface area contributed by atoms with Crippen LogP contribution in [0, 0.1) is 0 Å². The van der Waals surface area contributed by atoms with Crippen LogP contribution >= 0.6 is 0 Å². The lowest BCUT2D eigenvalue weighted by Gasteiger charge is -2.29. The lowest BCUT2D eigenvalue weighted by molar-refractivity contribution is 0.589. The molecule has 0 radical (unpaired) electrons. The van der Waals surface area contributed by atoms with Crippen molar-refractivity contribution in [3.05, 3.63) is 42.9 Å². The second-order valence-corrected chi connectivity index (χ2v) is 5.22. The van der Waals surface area contributed by atoms with E-state index in [0.717, 1.165) is 37.5 Å². The number of aromatic nitrogens is 4. The van der Waals surface area contributed by atoms with Crippen LogP contribution in [0.4, 0.5) is 17.5 Å². The Morgan fingerprint density at radius 2 is 2.05 bits per heavy atom. The van der Waals surface area contributed by atoms with Crippen molar-refractivity contribution in [2.45, 2.75) is 0 Å². The number of anilines is 3. The first kappa shape index (κ1) is 13.0. The van der Waals surface area contributed by atoms with Gasteiger partial charge in [-0.05, 0) is 18.2 Å². The normalized spacial score (nSPS) is 15.2. The highest BCUT2D eigenvalue weighted by molar-refractivity contribution is 5.58. The molecular formula is C15H17N7. The average molecular weight is 295 g/mol. The molecule has 0 aromatic carbocycles. The largest absolute Gasteiger partial charge is 0.369 e. The van der Waals surface area contributed by atoms with Crippen molar-refractivity contribution in [2.75, 3.05) is 36.4 Å². The summed E-state index contributed by atoms with van der Waals surface area (Å²) in [4.78, 5) is 11.0. The van der Waals surface area contributed by atoms with Crippen molar-refractivity contribution in [3.8, 4) is 0 Å². The molecule has 22 heavy (non-hydrogen) atoms. The summed E-state index contributed by atoms with van der Waals surface area (Å²) in [5, 5.41) is 10.9. The van der Waals surface area contributed by atoms with E-state index in [9.17, 15) is 0 Å². The molecule has 7 nitrogen and oxygen atoms in total. The fourth-order valence-electron chi connectivity index (χ4n) is 2.61. The maximum absolute atomic E-state index is 4.40. The monoisotopic (exact) mass is 295 g/mol. The lowest BCUT2D eigenvalue weighted by atomic mass is 10.3. The van der Waals surface area contributed by atoms with Crippen molar-refractivity contribution >= 4 is 23.0 Å². The van der Waals surface area contributed by atoms with Crippen molar-refractivity contribution in [3.63, 3.8) is 0 Å². The number of piperazine rings is 1. The van der Waals surface area contributed by atoms with Crippen LogP contribution in [-0.2, 0) is 0 Å². The van der Waals surface area contributed by atoms with E-state index in [0.29, 0.717) is 5.95 Å². The Morgan fingerprint density at radius 1 is 1.14 bits per heavy atom. The van der Waals surface area contributed by atoms with E-state index in [1.165, 1.54) is 5.69 Å². The number of rotatable bonds is 3. The maximum atomic E-state index is 4.40. The molecule has 0 unspecified atom stereocenters. The molecule has 112 valence electrons. The zero-order chi connectivity index (χ0) is 14.8. The summed E-state index contributed by atoms with van der Waals surface area (Å²) in [5.41, 5.74) is 2.13. The molecule has 0 amide bonds. The summed E-state index contributed by atoms with van der Waals surface area (Å²) in [6.07, 6.45) is 5.50. The molecule has 4 rings (SSSR count). The van der Waals surface area contributed by atoms with Crippen LogP contribution < -0.4 is 15.5 Å². The molecule has 0 atom stereocenters. The predicted molar refractivity (Wildman–Crippen MR) is 85.6 cm³/mol. The van der Waals surface area contributed by atoms with E-state index in [4.69, 9.17) is 0 Å². The molecule has 0 aliphatic carbocycles. The van der Waals surface area contributed by atoms with Gasteiger partial charge < -0.3 is 15.5 Å².